The fraction of sp³-hybridized carbons (Fsp3) is 0.217. The summed E-state index contributed by atoms with van der Waals surface area (Å²) in [5.74, 6) is 0. The molecule has 1 aliphatic carbocycles. The number of anilines is 5. The lowest BCUT2D eigenvalue weighted by Crippen LogP contribution is -2.42. The summed E-state index contributed by atoms with van der Waals surface area (Å²) in [4.78, 5) is 10.6. The quantitative estimate of drug-likeness (QED) is 0.178. The number of nitrogens with one attached hydrogen (secondary N) is 1. The first kappa shape index (κ1) is 32.7. The predicted molar refractivity (Wildman–Crippen MR) is 226 cm³/mol. The molecule has 6 aromatic rings. The van der Waals surface area contributed by atoms with Gasteiger partial charge in [-0.25, -0.2) is 0 Å². The topological polar surface area (TPSA) is 15.3 Å². The summed E-state index contributed by atoms with van der Waals surface area (Å²) in [6, 6.07) is 39.3. The zero-order chi connectivity index (χ0) is 35.5. The van der Waals surface area contributed by atoms with E-state index in [1.54, 1.807) is 0 Å². The highest BCUT2D eigenvalue weighted by Crippen LogP contribution is 2.53. The first-order chi connectivity index (χ1) is 25.0. The summed E-state index contributed by atoms with van der Waals surface area (Å²) in [7, 11) is 0.882. The Kier molecular flexibility index (Phi) is 7.39. The lowest BCUT2D eigenvalue weighted by molar-refractivity contribution is 0.332. The number of hydrogen-bond acceptors (Lipinski definition) is 5. The van der Waals surface area contributed by atoms with Crippen molar-refractivity contribution in [1.29, 1.82) is 0 Å². The molecule has 4 aliphatic rings. The van der Waals surface area contributed by atoms with Gasteiger partial charge in [-0.1, -0.05) is 123 Å². The third kappa shape index (κ3) is 5.12. The molecule has 0 amide bonds. The van der Waals surface area contributed by atoms with Gasteiger partial charge in [-0.15, -0.1) is 0 Å². The van der Waals surface area contributed by atoms with E-state index < -0.39 is 0 Å². The van der Waals surface area contributed by atoms with Crippen molar-refractivity contribution < 1.29 is 0 Å². The molecule has 1 N–H and O–H groups in total. The Morgan fingerprint density at radius 1 is 0.577 bits per heavy atom. The number of nitrogens with zero attached hydrogens (tertiary/aromatic N) is 1. The Bertz CT molecular complexity index is 2500. The highest BCUT2D eigenvalue weighted by molar-refractivity contribution is 8.05. The number of hydrogen-bond donors (Lipinski definition) is 1. The summed E-state index contributed by atoms with van der Waals surface area (Å²) in [5.41, 5.74) is 17.6. The molecule has 0 atom stereocenters. The van der Waals surface area contributed by atoms with E-state index in [1.807, 2.05) is 35.3 Å². The van der Waals surface area contributed by atoms with Crippen LogP contribution in [-0.4, -0.2) is 7.28 Å². The van der Waals surface area contributed by atoms with Crippen LogP contribution in [0.15, 0.2) is 133 Å². The van der Waals surface area contributed by atoms with Crippen LogP contribution in [0.1, 0.15) is 62.8 Å². The molecule has 0 saturated heterocycles. The van der Waals surface area contributed by atoms with Gasteiger partial charge in [0.25, 0.3) is 0 Å². The summed E-state index contributed by atoms with van der Waals surface area (Å²) in [6.45, 7) is 14.4. The zero-order valence-electron chi connectivity index (χ0n) is 30.6. The van der Waals surface area contributed by atoms with Crippen LogP contribution in [0.3, 0.4) is 0 Å². The van der Waals surface area contributed by atoms with E-state index in [-0.39, 0.29) is 10.8 Å². The van der Waals surface area contributed by atoms with Gasteiger partial charge in [0.05, 0.1) is 11.4 Å². The van der Waals surface area contributed by atoms with Crippen LogP contribution in [-0.2, 0) is 10.8 Å². The van der Waals surface area contributed by atoms with Gasteiger partial charge in [-0.3, -0.25) is 0 Å². The SMILES string of the molecule is Cc1cc(-c2cccc3c2Nc2ccccc2S3)c2c(c1)N(c1cc3c(cc1C)C(C)(C)CCC3(C)C)c1cc3c(cc1B2)Sc1ccccc1S3. The minimum atomic E-state index is 0.112. The molecule has 0 aromatic heterocycles. The molecule has 0 bridgehead atoms. The van der Waals surface area contributed by atoms with Crippen LogP contribution in [0.5, 0.6) is 0 Å². The van der Waals surface area contributed by atoms with Crippen LogP contribution >= 0.6 is 35.3 Å². The summed E-state index contributed by atoms with van der Waals surface area (Å²) >= 11 is 5.70. The number of benzene rings is 6. The fourth-order valence-electron chi connectivity index (χ4n) is 8.79. The second kappa shape index (κ2) is 11.8. The minimum absolute atomic E-state index is 0.112. The Morgan fingerprint density at radius 2 is 1.21 bits per heavy atom. The molecule has 6 heteroatoms. The maximum absolute atomic E-state index is 3.87. The first-order valence-corrected chi connectivity index (χ1v) is 20.9. The lowest BCUT2D eigenvalue weighted by atomic mass is 9.58. The number of aryl methyl sites for hydroxylation is 2. The molecular weight excluding hydrogens is 688 g/mol. The van der Waals surface area contributed by atoms with Crippen LogP contribution in [0, 0.1) is 13.8 Å². The normalized spacial score (nSPS) is 16.8. The second-order valence-corrected chi connectivity index (χ2v) is 19.5. The maximum Gasteiger partial charge on any atom is 0.198 e. The monoisotopic (exact) mass is 728 g/mol. The fourth-order valence-corrected chi connectivity index (χ4v) is 12.1. The van der Waals surface area contributed by atoms with E-state index in [4.69, 9.17) is 0 Å². The Balaban J connectivity index is 1.21. The van der Waals surface area contributed by atoms with Gasteiger partial charge >= 0.3 is 0 Å². The van der Waals surface area contributed by atoms with Gasteiger partial charge < -0.3 is 10.2 Å². The van der Waals surface area contributed by atoms with Crippen LogP contribution in [0.2, 0.25) is 0 Å². The molecule has 0 fully saturated rings. The van der Waals surface area contributed by atoms with Gasteiger partial charge in [0.2, 0.25) is 0 Å². The molecule has 0 radical (unpaired) electrons. The Labute approximate surface area is 321 Å². The van der Waals surface area contributed by atoms with Crippen molar-refractivity contribution in [1.82, 2.24) is 0 Å². The van der Waals surface area contributed by atoms with Gasteiger partial charge in [0.15, 0.2) is 7.28 Å². The zero-order valence-corrected chi connectivity index (χ0v) is 33.1. The number of para-hydroxylation sites is 2. The average Bonchev–Trinajstić information content (AvgIpc) is 3.13. The van der Waals surface area contributed by atoms with Crippen molar-refractivity contribution in [2.75, 3.05) is 10.2 Å². The van der Waals surface area contributed by atoms with E-state index in [9.17, 15) is 0 Å². The number of rotatable bonds is 2. The second-order valence-electron chi connectivity index (χ2n) is 16.3. The third-order valence-electron chi connectivity index (χ3n) is 11.7. The predicted octanol–water partition coefficient (Wildman–Crippen LogP) is 12.3. The molecule has 0 unspecified atom stereocenters. The summed E-state index contributed by atoms with van der Waals surface area (Å²) < 4.78 is 0. The van der Waals surface area contributed by atoms with E-state index >= 15 is 0 Å². The Morgan fingerprint density at radius 3 is 1.96 bits per heavy atom. The van der Waals surface area contributed by atoms with Gasteiger partial charge in [0, 0.05) is 52.0 Å². The number of fused-ring (bicyclic) bond motifs is 7. The minimum Gasteiger partial charge on any atom is -0.353 e. The summed E-state index contributed by atoms with van der Waals surface area (Å²) in [5, 5.41) is 3.87. The molecule has 6 aromatic carbocycles. The van der Waals surface area contributed by atoms with Crippen LogP contribution < -0.4 is 21.1 Å². The van der Waals surface area contributed by atoms with E-state index in [0.717, 1.165) is 7.28 Å². The molecule has 0 saturated carbocycles. The van der Waals surface area contributed by atoms with Crippen molar-refractivity contribution in [3.8, 4) is 11.1 Å². The molecule has 10 rings (SSSR count). The molecular formula is C46H41BN2S3. The molecule has 3 aliphatic heterocycles. The standard InChI is InChI=1S/C46H41BN2S3/c1-26-20-29(28-12-11-17-40-44(28)48-33-13-7-8-14-37(33)50-40)43-36(21-26)49(34-23-31-30(22-27(34)2)45(3,4)18-19-46(31,5)6)35-25-42-41(24-32(35)47-43)51-38-15-9-10-16-39(38)52-42/h7-17,20-25,47-48H,18-19H2,1-6H3. The van der Waals surface area contributed by atoms with E-state index in [1.165, 1.54) is 115 Å². The largest absolute Gasteiger partial charge is 0.353 e. The average molecular weight is 729 g/mol. The van der Waals surface area contributed by atoms with Crippen molar-refractivity contribution >= 4 is 81.9 Å². The third-order valence-corrected chi connectivity index (χ3v) is 15.4. The van der Waals surface area contributed by atoms with Crippen molar-refractivity contribution in [3.05, 3.63) is 125 Å². The van der Waals surface area contributed by atoms with E-state index in [2.05, 4.69) is 155 Å². The molecule has 256 valence electrons. The highest BCUT2D eigenvalue weighted by Gasteiger charge is 2.39. The molecule has 2 nitrogen and oxygen atoms in total. The van der Waals surface area contributed by atoms with Crippen molar-refractivity contribution in [3.63, 3.8) is 0 Å². The Hall–Kier alpha value is -3.97. The van der Waals surface area contributed by atoms with Crippen LogP contribution in [0.25, 0.3) is 11.1 Å². The molecule has 3 heterocycles. The summed E-state index contributed by atoms with van der Waals surface area (Å²) in [6.07, 6.45) is 2.41. The van der Waals surface area contributed by atoms with E-state index in [0.29, 0.717) is 0 Å². The molecule has 0 spiro atoms. The van der Waals surface area contributed by atoms with Crippen LogP contribution in [0.4, 0.5) is 28.4 Å². The van der Waals surface area contributed by atoms with Gasteiger partial charge in [-0.2, -0.15) is 0 Å². The first-order valence-electron chi connectivity index (χ1n) is 18.4. The van der Waals surface area contributed by atoms with Gasteiger partial charge in [-0.05, 0) is 119 Å². The van der Waals surface area contributed by atoms with Gasteiger partial charge in [0.1, 0.15) is 0 Å². The maximum atomic E-state index is 3.87. The van der Waals surface area contributed by atoms with Crippen molar-refractivity contribution in [2.45, 2.75) is 94.6 Å². The lowest BCUT2D eigenvalue weighted by Gasteiger charge is -2.44. The van der Waals surface area contributed by atoms with Crippen molar-refractivity contribution in [2.24, 2.45) is 0 Å². The smallest absolute Gasteiger partial charge is 0.198 e. The highest BCUT2D eigenvalue weighted by atomic mass is 32.2. The molecule has 52 heavy (non-hydrogen) atoms.